The number of nitrogen functional groups attached to an aromatic ring is 1. The Morgan fingerprint density at radius 1 is 1.40 bits per heavy atom. The molecule has 2 unspecified atom stereocenters. The van der Waals surface area contributed by atoms with E-state index in [1.807, 2.05) is 5.43 Å². The zero-order chi connectivity index (χ0) is 15.5. The zero-order valence-corrected chi connectivity index (χ0v) is 10.3. The largest absolute Gasteiger partial charge is 0.467 e. The number of nitrogens with two attached hydrogens (primary N) is 1. The molecular weight excluding hydrogens is 281 g/mol. The third-order valence-corrected chi connectivity index (χ3v) is 2.60. The highest BCUT2D eigenvalue weighted by molar-refractivity contribution is 5.75. The summed E-state index contributed by atoms with van der Waals surface area (Å²) in [5, 5.41) is 19.2. The summed E-state index contributed by atoms with van der Waals surface area (Å²) in [6.45, 7) is 0. The number of aliphatic hydroxyl groups is 2. The molecule has 1 aromatic carbocycles. The van der Waals surface area contributed by atoms with Crippen LogP contribution >= 0.6 is 0 Å². The predicted octanol–water partition coefficient (Wildman–Crippen LogP) is 0.558. The number of ether oxygens (including phenoxy) is 1. The van der Waals surface area contributed by atoms with Crippen molar-refractivity contribution in [3.05, 3.63) is 29.3 Å². The van der Waals surface area contributed by atoms with Gasteiger partial charge in [0.05, 0.1) is 18.4 Å². The highest BCUT2D eigenvalue weighted by Gasteiger charge is 2.33. The van der Waals surface area contributed by atoms with Crippen molar-refractivity contribution in [3.8, 4) is 0 Å². The number of alkyl halides is 3. The first-order chi connectivity index (χ1) is 9.22. The number of benzene rings is 1. The van der Waals surface area contributed by atoms with Crippen LogP contribution in [-0.2, 0) is 15.7 Å². The van der Waals surface area contributed by atoms with Gasteiger partial charge in [-0.3, -0.25) is 5.84 Å². The molecule has 0 bridgehead atoms. The number of halogens is 3. The number of anilines is 1. The molecule has 1 aromatic rings. The van der Waals surface area contributed by atoms with E-state index >= 15 is 0 Å². The standard InChI is InChI=1S/C11H13F3N2O4/c1-20-10(19)9(18)8(17)6-3-2-5(11(12,13)14)4-7(6)16-15/h2-4,8-9,16-18H,15H2,1H3. The Morgan fingerprint density at radius 2 is 2.00 bits per heavy atom. The van der Waals surface area contributed by atoms with E-state index in [9.17, 15) is 28.2 Å². The number of carbonyl (C=O) groups excluding carboxylic acids is 1. The van der Waals surface area contributed by atoms with E-state index in [4.69, 9.17) is 5.84 Å². The first kappa shape index (κ1) is 16.2. The maximum Gasteiger partial charge on any atom is 0.416 e. The summed E-state index contributed by atoms with van der Waals surface area (Å²) >= 11 is 0. The Hall–Kier alpha value is -1.84. The van der Waals surface area contributed by atoms with Crippen molar-refractivity contribution in [1.29, 1.82) is 0 Å². The molecule has 9 heteroatoms. The highest BCUT2D eigenvalue weighted by atomic mass is 19.4. The molecule has 20 heavy (non-hydrogen) atoms. The molecule has 5 N–H and O–H groups in total. The second-order valence-electron chi connectivity index (χ2n) is 3.86. The fourth-order valence-electron chi connectivity index (χ4n) is 1.54. The average molecular weight is 294 g/mol. The lowest BCUT2D eigenvalue weighted by Gasteiger charge is -2.20. The smallest absolute Gasteiger partial charge is 0.416 e. The second kappa shape index (κ2) is 6.07. The molecule has 0 radical (unpaired) electrons. The van der Waals surface area contributed by atoms with Gasteiger partial charge in [0.1, 0.15) is 6.10 Å². The van der Waals surface area contributed by atoms with Gasteiger partial charge in [-0.15, -0.1) is 0 Å². The van der Waals surface area contributed by atoms with E-state index in [1.165, 1.54) is 0 Å². The number of hydrogen-bond donors (Lipinski definition) is 4. The minimum absolute atomic E-state index is 0.168. The van der Waals surface area contributed by atoms with Gasteiger partial charge in [-0.1, -0.05) is 6.07 Å². The molecule has 2 atom stereocenters. The van der Waals surface area contributed by atoms with E-state index in [2.05, 4.69) is 4.74 Å². The van der Waals surface area contributed by atoms with Gasteiger partial charge in [-0.25, -0.2) is 4.79 Å². The van der Waals surface area contributed by atoms with Crippen molar-refractivity contribution in [2.45, 2.75) is 18.4 Å². The maximum absolute atomic E-state index is 12.5. The van der Waals surface area contributed by atoms with E-state index in [-0.39, 0.29) is 11.3 Å². The summed E-state index contributed by atoms with van der Waals surface area (Å²) < 4.78 is 41.8. The van der Waals surface area contributed by atoms with E-state index in [0.29, 0.717) is 12.1 Å². The van der Waals surface area contributed by atoms with Gasteiger partial charge in [0, 0.05) is 5.56 Å². The summed E-state index contributed by atoms with van der Waals surface area (Å²) in [5.74, 6) is 3.96. The third-order valence-electron chi connectivity index (χ3n) is 2.60. The Morgan fingerprint density at radius 3 is 2.45 bits per heavy atom. The van der Waals surface area contributed by atoms with Crippen LogP contribution in [0.4, 0.5) is 18.9 Å². The fraction of sp³-hybridized carbons (Fsp3) is 0.364. The molecule has 112 valence electrons. The zero-order valence-electron chi connectivity index (χ0n) is 10.3. The molecule has 1 rings (SSSR count). The van der Waals surface area contributed by atoms with Gasteiger partial charge >= 0.3 is 12.1 Å². The van der Waals surface area contributed by atoms with Crippen LogP contribution in [0.3, 0.4) is 0 Å². The van der Waals surface area contributed by atoms with Gasteiger partial charge in [0.2, 0.25) is 0 Å². The van der Waals surface area contributed by atoms with Crippen LogP contribution in [0.5, 0.6) is 0 Å². The van der Waals surface area contributed by atoms with Gasteiger partial charge in [-0.05, 0) is 12.1 Å². The molecule has 6 nitrogen and oxygen atoms in total. The minimum Gasteiger partial charge on any atom is -0.467 e. The molecular formula is C11H13F3N2O4. The van der Waals surface area contributed by atoms with Crippen molar-refractivity contribution in [3.63, 3.8) is 0 Å². The van der Waals surface area contributed by atoms with Crippen LogP contribution in [0.2, 0.25) is 0 Å². The summed E-state index contributed by atoms with van der Waals surface area (Å²) in [7, 11) is 0.993. The lowest BCUT2D eigenvalue weighted by atomic mass is 10.00. The van der Waals surface area contributed by atoms with E-state index < -0.39 is 29.9 Å². The predicted molar refractivity (Wildman–Crippen MR) is 62.2 cm³/mol. The topological polar surface area (TPSA) is 105 Å². The summed E-state index contributed by atoms with van der Waals surface area (Å²) in [6.07, 6.45) is -8.31. The minimum atomic E-state index is -4.59. The molecule has 0 spiro atoms. The average Bonchev–Trinajstić information content (AvgIpc) is 2.43. The van der Waals surface area contributed by atoms with Crippen LogP contribution in [0.1, 0.15) is 17.2 Å². The number of hydrogen-bond acceptors (Lipinski definition) is 6. The molecule has 0 amide bonds. The molecule has 0 fully saturated rings. The van der Waals surface area contributed by atoms with Gasteiger partial charge < -0.3 is 20.4 Å². The summed E-state index contributed by atoms with van der Waals surface area (Å²) in [6, 6.07) is 2.26. The number of methoxy groups -OCH3 is 1. The monoisotopic (exact) mass is 294 g/mol. The van der Waals surface area contributed by atoms with Gasteiger partial charge in [0.25, 0.3) is 0 Å². The SMILES string of the molecule is COC(=O)C(O)C(O)c1ccc(C(F)(F)F)cc1NN. The van der Waals surface area contributed by atoms with Crippen LogP contribution in [0, 0.1) is 0 Å². The van der Waals surface area contributed by atoms with Crippen molar-refractivity contribution in [1.82, 2.24) is 0 Å². The molecule has 0 saturated heterocycles. The number of carbonyl (C=O) groups is 1. The maximum atomic E-state index is 12.5. The van der Waals surface area contributed by atoms with Gasteiger partial charge in [-0.2, -0.15) is 13.2 Å². The molecule has 0 saturated carbocycles. The number of aliphatic hydroxyl groups excluding tert-OH is 2. The van der Waals surface area contributed by atoms with E-state index in [1.54, 1.807) is 0 Å². The number of esters is 1. The number of rotatable bonds is 4. The van der Waals surface area contributed by atoms with Gasteiger partial charge in [0.15, 0.2) is 6.10 Å². The Balaban J connectivity index is 3.16. The Labute approximate surface area is 111 Å². The van der Waals surface area contributed by atoms with E-state index in [0.717, 1.165) is 13.2 Å². The highest BCUT2D eigenvalue weighted by Crippen LogP contribution is 2.34. The van der Waals surface area contributed by atoms with Crippen LogP contribution in [0.25, 0.3) is 0 Å². The quantitative estimate of drug-likeness (QED) is 0.367. The summed E-state index contributed by atoms with van der Waals surface area (Å²) in [4.78, 5) is 11.1. The number of nitrogens with one attached hydrogen (secondary N) is 1. The van der Waals surface area contributed by atoms with Crippen molar-refractivity contribution >= 4 is 11.7 Å². The number of hydrazine groups is 1. The molecule has 0 heterocycles. The molecule has 0 aliphatic carbocycles. The van der Waals surface area contributed by atoms with Crippen molar-refractivity contribution < 1.29 is 32.9 Å². The Kier molecular flexibility index (Phi) is 4.93. The Bertz CT molecular complexity index is 493. The van der Waals surface area contributed by atoms with Crippen molar-refractivity contribution in [2.75, 3.05) is 12.5 Å². The first-order valence-electron chi connectivity index (χ1n) is 5.34. The van der Waals surface area contributed by atoms with Crippen LogP contribution < -0.4 is 11.3 Å². The normalized spacial score (nSPS) is 14.6. The summed E-state index contributed by atoms with van der Waals surface area (Å²) in [5.41, 5.74) is 0.549. The first-order valence-corrected chi connectivity index (χ1v) is 5.34. The molecule has 0 aromatic heterocycles. The third kappa shape index (κ3) is 3.38. The fourth-order valence-corrected chi connectivity index (χ4v) is 1.54. The lowest BCUT2D eigenvalue weighted by molar-refractivity contribution is -0.156. The van der Waals surface area contributed by atoms with Crippen molar-refractivity contribution in [2.24, 2.45) is 5.84 Å². The van der Waals surface area contributed by atoms with Crippen LogP contribution in [0.15, 0.2) is 18.2 Å². The second-order valence-corrected chi connectivity index (χ2v) is 3.86. The lowest BCUT2D eigenvalue weighted by Crippen LogP contribution is -2.30. The molecule has 0 aliphatic rings. The molecule has 0 aliphatic heterocycles. The van der Waals surface area contributed by atoms with Crippen LogP contribution in [-0.4, -0.2) is 29.4 Å².